The van der Waals surface area contributed by atoms with E-state index in [4.69, 9.17) is 4.74 Å². The summed E-state index contributed by atoms with van der Waals surface area (Å²) in [6.07, 6.45) is 1.13. The van der Waals surface area contributed by atoms with E-state index in [1.807, 2.05) is 0 Å². The Labute approximate surface area is 98.2 Å². The number of morpholine rings is 1. The first-order valence-corrected chi connectivity index (χ1v) is 6.18. The van der Waals surface area contributed by atoms with Crippen LogP contribution < -0.4 is 0 Å². The van der Waals surface area contributed by atoms with E-state index in [0.717, 1.165) is 39.3 Å². The van der Waals surface area contributed by atoms with Crippen molar-refractivity contribution in [2.75, 3.05) is 26.3 Å². The van der Waals surface area contributed by atoms with Gasteiger partial charge in [-0.2, -0.15) is 0 Å². The highest BCUT2D eigenvalue weighted by Gasteiger charge is 2.10. The minimum absolute atomic E-state index is 0.881. The molecule has 0 saturated carbocycles. The quantitative estimate of drug-likeness (QED) is 0.774. The van der Waals surface area contributed by atoms with Gasteiger partial charge in [0.1, 0.15) is 0 Å². The monoisotopic (exact) mass is 219 g/mol. The van der Waals surface area contributed by atoms with E-state index < -0.39 is 0 Å². The molecule has 0 N–H and O–H groups in total. The fraction of sp³-hybridized carbons (Fsp3) is 0.571. The molecule has 1 aliphatic rings. The van der Waals surface area contributed by atoms with E-state index in [2.05, 4.69) is 36.9 Å². The molecule has 2 heteroatoms. The highest BCUT2D eigenvalue weighted by Crippen LogP contribution is 2.14. The van der Waals surface area contributed by atoms with Crippen molar-refractivity contribution in [2.45, 2.75) is 26.8 Å². The molecule has 0 unspecified atom stereocenters. The van der Waals surface area contributed by atoms with Gasteiger partial charge in [-0.05, 0) is 30.0 Å². The van der Waals surface area contributed by atoms with Crippen LogP contribution in [0, 0.1) is 6.92 Å². The zero-order valence-electron chi connectivity index (χ0n) is 10.3. The van der Waals surface area contributed by atoms with Crippen LogP contribution in [0.25, 0.3) is 0 Å². The molecule has 0 atom stereocenters. The number of rotatable bonds is 3. The molecule has 1 aromatic carbocycles. The Morgan fingerprint density at radius 3 is 2.62 bits per heavy atom. The van der Waals surface area contributed by atoms with Crippen molar-refractivity contribution in [2.24, 2.45) is 0 Å². The van der Waals surface area contributed by atoms with Crippen molar-refractivity contribution in [1.82, 2.24) is 4.90 Å². The Balaban J connectivity index is 2.01. The van der Waals surface area contributed by atoms with Gasteiger partial charge in [0, 0.05) is 19.6 Å². The van der Waals surface area contributed by atoms with Gasteiger partial charge < -0.3 is 4.74 Å². The van der Waals surface area contributed by atoms with Gasteiger partial charge in [-0.15, -0.1) is 0 Å². The average molecular weight is 219 g/mol. The van der Waals surface area contributed by atoms with Crippen LogP contribution in [0.15, 0.2) is 18.2 Å². The number of aryl methyl sites for hydroxylation is 2. The predicted molar refractivity (Wildman–Crippen MR) is 66.7 cm³/mol. The lowest BCUT2D eigenvalue weighted by Crippen LogP contribution is -2.35. The fourth-order valence-corrected chi connectivity index (χ4v) is 2.27. The molecule has 1 heterocycles. The number of nitrogens with zero attached hydrogens (tertiary/aromatic N) is 1. The molecule has 2 nitrogen and oxygen atoms in total. The largest absolute Gasteiger partial charge is 0.379 e. The summed E-state index contributed by atoms with van der Waals surface area (Å²) < 4.78 is 5.36. The number of hydrogen-bond donors (Lipinski definition) is 0. The second kappa shape index (κ2) is 5.46. The average Bonchev–Trinajstić information content (AvgIpc) is 2.31. The fourth-order valence-electron chi connectivity index (χ4n) is 2.27. The van der Waals surface area contributed by atoms with Gasteiger partial charge in [-0.25, -0.2) is 0 Å². The molecule has 1 aliphatic heterocycles. The van der Waals surface area contributed by atoms with E-state index in [1.165, 1.54) is 16.7 Å². The third kappa shape index (κ3) is 2.83. The highest BCUT2D eigenvalue weighted by atomic mass is 16.5. The molecule has 2 rings (SSSR count). The number of ether oxygens (including phenoxy) is 1. The van der Waals surface area contributed by atoms with E-state index >= 15 is 0 Å². The molecule has 1 fully saturated rings. The third-order valence-corrected chi connectivity index (χ3v) is 3.30. The lowest BCUT2D eigenvalue weighted by Gasteiger charge is -2.26. The summed E-state index contributed by atoms with van der Waals surface area (Å²) >= 11 is 0. The third-order valence-electron chi connectivity index (χ3n) is 3.30. The lowest BCUT2D eigenvalue weighted by molar-refractivity contribution is 0.0342. The van der Waals surface area contributed by atoms with Crippen molar-refractivity contribution >= 4 is 0 Å². The molecule has 0 amide bonds. The minimum Gasteiger partial charge on any atom is -0.379 e. The van der Waals surface area contributed by atoms with Crippen LogP contribution in [0.2, 0.25) is 0 Å². The lowest BCUT2D eigenvalue weighted by atomic mass is 10.0. The van der Waals surface area contributed by atoms with Gasteiger partial charge in [0.05, 0.1) is 13.2 Å². The van der Waals surface area contributed by atoms with Gasteiger partial charge in [-0.3, -0.25) is 4.90 Å². The van der Waals surface area contributed by atoms with Crippen molar-refractivity contribution in [3.63, 3.8) is 0 Å². The number of benzene rings is 1. The minimum atomic E-state index is 0.881. The molecule has 0 aliphatic carbocycles. The SMILES string of the molecule is CCc1ccc(CN2CCOCC2)cc1C. The van der Waals surface area contributed by atoms with Crippen LogP contribution in [-0.4, -0.2) is 31.2 Å². The molecule has 0 radical (unpaired) electrons. The maximum absolute atomic E-state index is 5.36. The normalized spacial score (nSPS) is 17.6. The van der Waals surface area contributed by atoms with Crippen molar-refractivity contribution in [1.29, 1.82) is 0 Å². The van der Waals surface area contributed by atoms with Crippen LogP contribution in [0.4, 0.5) is 0 Å². The first-order valence-electron chi connectivity index (χ1n) is 6.18. The van der Waals surface area contributed by atoms with Crippen LogP contribution in [0.5, 0.6) is 0 Å². The van der Waals surface area contributed by atoms with Gasteiger partial charge in [0.15, 0.2) is 0 Å². The van der Waals surface area contributed by atoms with Gasteiger partial charge >= 0.3 is 0 Å². The molecule has 1 saturated heterocycles. The van der Waals surface area contributed by atoms with Crippen LogP contribution in [0.1, 0.15) is 23.6 Å². The van der Waals surface area contributed by atoms with Crippen LogP contribution >= 0.6 is 0 Å². The summed E-state index contributed by atoms with van der Waals surface area (Å²) in [5, 5.41) is 0. The first kappa shape index (κ1) is 11.6. The van der Waals surface area contributed by atoms with E-state index in [-0.39, 0.29) is 0 Å². The standard InChI is InChI=1S/C14H21NO/c1-3-14-5-4-13(10-12(14)2)11-15-6-8-16-9-7-15/h4-5,10H,3,6-9,11H2,1-2H3. The smallest absolute Gasteiger partial charge is 0.0594 e. The topological polar surface area (TPSA) is 12.5 Å². The summed E-state index contributed by atoms with van der Waals surface area (Å²) in [7, 11) is 0. The summed E-state index contributed by atoms with van der Waals surface area (Å²) in [6.45, 7) is 9.38. The van der Waals surface area contributed by atoms with Crippen molar-refractivity contribution in [3.8, 4) is 0 Å². The molecule has 0 bridgehead atoms. The Morgan fingerprint density at radius 2 is 2.00 bits per heavy atom. The zero-order valence-corrected chi connectivity index (χ0v) is 10.3. The zero-order chi connectivity index (χ0) is 11.4. The Bertz CT molecular complexity index is 343. The first-order chi connectivity index (χ1) is 7.79. The summed E-state index contributed by atoms with van der Waals surface area (Å²) in [6, 6.07) is 6.86. The summed E-state index contributed by atoms with van der Waals surface area (Å²) in [5.41, 5.74) is 4.32. The Morgan fingerprint density at radius 1 is 1.25 bits per heavy atom. The molecular weight excluding hydrogens is 198 g/mol. The molecule has 16 heavy (non-hydrogen) atoms. The van der Waals surface area contributed by atoms with Gasteiger partial charge in [0.2, 0.25) is 0 Å². The molecule has 1 aromatic rings. The van der Waals surface area contributed by atoms with E-state index in [9.17, 15) is 0 Å². The van der Waals surface area contributed by atoms with Gasteiger partial charge in [0.25, 0.3) is 0 Å². The maximum atomic E-state index is 5.36. The van der Waals surface area contributed by atoms with Crippen molar-refractivity contribution < 1.29 is 4.74 Å². The number of hydrogen-bond acceptors (Lipinski definition) is 2. The second-order valence-corrected chi connectivity index (χ2v) is 4.50. The van der Waals surface area contributed by atoms with Gasteiger partial charge in [-0.1, -0.05) is 25.1 Å². The van der Waals surface area contributed by atoms with E-state index in [0.29, 0.717) is 0 Å². The van der Waals surface area contributed by atoms with Crippen LogP contribution in [0.3, 0.4) is 0 Å². The molecular formula is C14H21NO. The maximum Gasteiger partial charge on any atom is 0.0594 e. The predicted octanol–water partition coefficient (Wildman–Crippen LogP) is 2.39. The van der Waals surface area contributed by atoms with Crippen molar-refractivity contribution in [3.05, 3.63) is 34.9 Å². The van der Waals surface area contributed by atoms with E-state index in [1.54, 1.807) is 0 Å². The summed E-state index contributed by atoms with van der Waals surface area (Å²) in [5.74, 6) is 0. The Hall–Kier alpha value is -0.860. The summed E-state index contributed by atoms with van der Waals surface area (Å²) in [4.78, 5) is 2.46. The highest BCUT2D eigenvalue weighted by molar-refractivity contribution is 5.31. The molecule has 88 valence electrons. The Kier molecular flexibility index (Phi) is 3.97. The van der Waals surface area contributed by atoms with Crippen LogP contribution in [-0.2, 0) is 17.7 Å². The second-order valence-electron chi connectivity index (χ2n) is 4.50. The molecule has 0 aromatic heterocycles. The molecule has 0 spiro atoms.